The van der Waals surface area contributed by atoms with Gasteiger partial charge in [0.1, 0.15) is 12.0 Å². The van der Waals surface area contributed by atoms with Crippen molar-refractivity contribution in [2.75, 3.05) is 0 Å². The molecule has 5 heteroatoms. The molecule has 1 rings (SSSR count). The maximum absolute atomic E-state index is 8.10. The molecule has 1 aromatic rings. The SMILES string of the molecule is Cc1nc(C=NO)nn1C. The van der Waals surface area contributed by atoms with E-state index in [1.54, 1.807) is 11.7 Å². The van der Waals surface area contributed by atoms with E-state index in [4.69, 9.17) is 5.21 Å². The third-order valence-electron chi connectivity index (χ3n) is 1.17. The zero-order valence-corrected chi connectivity index (χ0v) is 5.81. The minimum atomic E-state index is 0.419. The highest BCUT2D eigenvalue weighted by Crippen LogP contribution is 1.90. The molecular weight excluding hydrogens is 132 g/mol. The van der Waals surface area contributed by atoms with Crippen molar-refractivity contribution in [3.05, 3.63) is 11.6 Å². The van der Waals surface area contributed by atoms with Crippen molar-refractivity contribution in [1.82, 2.24) is 14.8 Å². The normalized spacial score (nSPS) is 11.0. The number of oxime groups is 1. The van der Waals surface area contributed by atoms with Crippen LogP contribution in [-0.4, -0.2) is 26.2 Å². The van der Waals surface area contributed by atoms with E-state index >= 15 is 0 Å². The molecule has 0 saturated heterocycles. The molecule has 0 atom stereocenters. The summed E-state index contributed by atoms with van der Waals surface area (Å²) in [7, 11) is 1.77. The first-order valence-corrected chi connectivity index (χ1v) is 2.79. The predicted molar refractivity (Wildman–Crippen MR) is 35.1 cm³/mol. The van der Waals surface area contributed by atoms with Crippen LogP contribution in [0.15, 0.2) is 5.16 Å². The number of aromatic nitrogens is 3. The summed E-state index contributed by atoms with van der Waals surface area (Å²) in [5, 5.41) is 14.8. The summed E-state index contributed by atoms with van der Waals surface area (Å²) in [6.45, 7) is 1.82. The monoisotopic (exact) mass is 140 g/mol. The molecule has 0 amide bonds. The molecule has 0 aliphatic heterocycles. The fourth-order valence-corrected chi connectivity index (χ4v) is 0.593. The van der Waals surface area contributed by atoms with Crippen molar-refractivity contribution in [3.63, 3.8) is 0 Å². The second-order valence-electron chi connectivity index (χ2n) is 1.89. The van der Waals surface area contributed by atoms with Crippen LogP contribution in [0.3, 0.4) is 0 Å². The van der Waals surface area contributed by atoms with Crippen LogP contribution < -0.4 is 0 Å². The topological polar surface area (TPSA) is 63.3 Å². The van der Waals surface area contributed by atoms with Gasteiger partial charge in [-0.1, -0.05) is 5.16 Å². The maximum Gasteiger partial charge on any atom is 0.195 e. The predicted octanol–water partition coefficient (Wildman–Crippen LogP) is -0.0684. The van der Waals surface area contributed by atoms with Gasteiger partial charge in [0.2, 0.25) is 0 Å². The quantitative estimate of drug-likeness (QED) is 0.337. The van der Waals surface area contributed by atoms with Crippen molar-refractivity contribution in [1.29, 1.82) is 0 Å². The van der Waals surface area contributed by atoms with Crippen LogP contribution in [0.1, 0.15) is 11.6 Å². The average Bonchev–Trinajstić information content (AvgIpc) is 2.14. The molecule has 0 fully saturated rings. The second-order valence-corrected chi connectivity index (χ2v) is 1.89. The van der Waals surface area contributed by atoms with Gasteiger partial charge in [0.25, 0.3) is 0 Å². The summed E-state index contributed by atoms with van der Waals surface area (Å²) in [6.07, 6.45) is 1.19. The average molecular weight is 140 g/mol. The number of aryl methyl sites for hydroxylation is 2. The summed E-state index contributed by atoms with van der Waals surface area (Å²) >= 11 is 0. The zero-order valence-electron chi connectivity index (χ0n) is 5.81. The molecule has 0 spiro atoms. The Morgan fingerprint density at radius 2 is 2.40 bits per heavy atom. The molecule has 1 aromatic heterocycles. The minimum Gasteiger partial charge on any atom is -0.411 e. The van der Waals surface area contributed by atoms with Crippen LogP contribution in [0.5, 0.6) is 0 Å². The minimum absolute atomic E-state index is 0.419. The number of nitrogens with zero attached hydrogens (tertiary/aromatic N) is 4. The third-order valence-corrected chi connectivity index (χ3v) is 1.17. The van der Waals surface area contributed by atoms with Gasteiger partial charge in [-0.3, -0.25) is 4.68 Å². The molecule has 5 nitrogen and oxygen atoms in total. The molecule has 0 aromatic carbocycles. The van der Waals surface area contributed by atoms with Crippen LogP contribution in [0, 0.1) is 6.92 Å². The molecule has 1 heterocycles. The first-order valence-electron chi connectivity index (χ1n) is 2.79. The highest BCUT2D eigenvalue weighted by atomic mass is 16.4. The Hall–Kier alpha value is -1.39. The Bertz CT molecular complexity index is 233. The Morgan fingerprint density at radius 3 is 2.80 bits per heavy atom. The van der Waals surface area contributed by atoms with Gasteiger partial charge in [0, 0.05) is 7.05 Å². The fraction of sp³-hybridized carbons (Fsp3) is 0.400. The van der Waals surface area contributed by atoms with E-state index in [1.165, 1.54) is 6.21 Å². The molecule has 0 aliphatic carbocycles. The van der Waals surface area contributed by atoms with E-state index in [2.05, 4.69) is 15.2 Å². The van der Waals surface area contributed by atoms with Crippen molar-refractivity contribution in [2.24, 2.45) is 12.2 Å². The lowest BCUT2D eigenvalue weighted by Gasteiger charge is -1.84. The Morgan fingerprint density at radius 1 is 1.70 bits per heavy atom. The third kappa shape index (κ3) is 1.12. The fourth-order valence-electron chi connectivity index (χ4n) is 0.593. The van der Waals surface area contributed by atoms with Crippen molar-refractivity contribution in [2.45, 2.75) is 6.92 Å². The number of rotatable bonds is 1. The smallest absolute Gasteiger partial charge is 0.195 e. The van der Waals surface area contributed by atoms with E-state index < -0.39 is 0 Å². The second kappa shape index (κ2) is 2.47. The largest absolute Gasteiger partial charge is 0.411 e. The highest BCUT2D eigenvalue weighted by molar-refractivity contribution is 5.73. The van der Waals surface area contributed by atoms with Crippen molar-refractivity contribution >= 4 is 6.21 Å². The van der Waals surface area contributed by atoms with Gasteiger partial charge in [0.05, 0.1) is 0 Å². The van der Waals surface area contributed by atoms with Crippen LogP contribution in [0.25, 0.3) is 0 Å². The van der Waals surface area contributed by atoms with Crippen LogP contribution in [0.4, 0.5) is 0 Å². The molecule has 54 valence electrons. The summed E-state index contributed by atoms with van der Waals surface area (Å²) in [6, 6.07) is 0. The Labute approximate surface area is 58.0 Å². The summed E-state index contributed by atoms with van der Waals surface area (Å²) < 4.78 is 1.61. The van der Waals surface area contributed by atoms with E-state index in [0.29, 0.717) is 5.82 Å². The van der Waals surface area contributed by atoms with Gasteiger partial charge in [-0.25, -0.2) is 4.98 Å². The van der Waals surface area contributed by atoms with Gasteiger partial charge >= 0.3 is 0 Å². The molecule has 0 unspecified atom stereocenters. The van der Waals surface area contributed by atoms with Gasteiger partial charge in [-0.15, -0.1) is 5.10 Å². The van der Waals surface area contributed by atoms with Crippen molar-refractivity contribution in [3.8, 4) is 0 Å². The maximum atomic E-state index is 8.10. The molecule has 0 aliphatic rings. The number of hydrogen-bond acceptors (Lipinski definition) is 4. The first kappa shape index (κ1) is 6.73. The van der Waals surface area contributed by atoms with Crippen molar-refractivity contribution < 1.29 is 5.21 Å². The summed E-state index contributed by atoms with van der Waals surface area (Å²) in [5.41, 5.74) is 0. The van der Waals surface area contributed by atoms with Crippen LogP contribution >= 0.6 is 0 Å². The lowest BCUT2D eigenvalue weighted by molar-refractivity contribution is 0.321. The molecule has 0 bridgehead atoms. The van der Waals surface area contributed by atoms with Gasteiger partial charge < -0.3 is 5.21 Å². The van der Waals surface area contributed by atoms with Gasteiger partial charge in [0.15, 0.2) is 5.82 Å². The molecule has 0 radical (unpaired) electrons. The van der Waals surface area contributed by atoms with Crippen LogP contribution in [0.2, 0.25) is 0 Å². The zero-order chi connectivity index (χ0) is 7.56. The molecule has 10 heavy (non-hydrogen) atoms. The Balaban J connectivity index is 2.98. The van der Waals surface area contributed by atoms with E-state index in [0.717, 1.165) is 5.82 Å². The number of hydrogen-bond donors (Lipinski definition) is 1. The highest BCUT2D eigenvalue weighted by Gasteiger charge is 1.97. The lowest BCUT2D eigenvalue weighted by Crippen LogP contribution is -1.93. The first-order chi connectivity index (χ1) is 4.74. The molecule has 0 saturated carbocycles. The van der Waals surface area contributed by atoms with Gasteiger partial charge in [-0.2, -0.15) is 0 Å². The standard InChI is InChI=1S/C5H8N4O/c1-4-7-5(3-6-10)8-9(4)2/h3,10H,1-2H3. The summed E-state index contributed by atoms with van der Waals surface area (Å²) in [4.78, 5) is 3.94. The van der Waals surface area contributed by atoms with Gasteiger partial charge in [-0.05, 0) is 6.92 Å². The van der Waals surface area contributed by atoms with E-state index in [-0.39, 0.29) is 0 Å². The van der Waals surface area contributed by atoms with E-state index in [9.17, 15) is 0 Å². The lowest BCUT2D eigenvalue weighted by atomic mass is 10.7. The summed E-state index contributed by atoms with van der Waals surface area (Å²) in [5.74, 6) is 1.21. The van der Waals surface area contributed by atoms with E-state index in [1.807, 2.05) is 6.92 Å². The molecule has 1 N–H and O–H groups in total. The van der Waals surface area contributed by atoms with Crippen LogP contribution in [-0.2, 0) is 7.05 Å². The Kier molecular flexibility index (Phi) is 1.66. The molecular formula is C5H8N4O.